The Morgan fingerprint density at radius 2 is 1.94 bits per heavy atom. The zero-order chi connectivity index (χ0) is 13.4. The second-order valence-electron chi connectivity index (χ2n) is 2.96. The van der Waals surface area contributed by atoms with Crippen molar-refractivity contribution >= 4 is 11.7 Å². The molecule has 0 aromatic carbocycles. The lowest BCUT2D eigenvalue weighted by molar-refractivity contribution is -0.141. The fourth-order valence-electron chi connectivity index (χ4n) is 1.13. The number of anilines is 1. The van der Waals surface area contributed by atoms with Crippen LogP contribution in [0.4, 0.5) is 27.6 Å². The first-order valence-corrected chi connectivity index (χ1v) is 4.03. The molecule has 0 bridgehead atoms. The summed E-state index contributed by atoms with van der Waals surface area (Å²) in [7, 11) is 0. The van der Waals surface area contributed by atoms with Gasteiger partial charge in [0.25, 0.3) is 6.43 Å². The molecule has 17 heavy (non-hydrogen) atoms. The Balaban J connectivity index is 3.57. The van der Waals surface area contributed by atoms with Gasteiger partial charge in [-0.3, -0.25) is 0 Å². The number of halogens is 5. The Labute approximate surface area is 90.9 Å². The first kappa shape index (κ1) is 13.1. The van der Waals surface area contributed by atoms with E-state index in [9.17, 15) is 26.7 Å². The van der Waals surface area contributed by atoms with Crippen LogP contribution in [0, 0.1) is 0 Å². The number of carbonyl (C=O) groups is 1. The van der Waals surface area contributed by atoms with E-state index in [4.69, 9.17) is 10.8 Å². The summed E-state index contributed by atoms with van der Waals surface area (Å²) < 4.78 is 61.6. The van der Waals surface area contributed by atoms with E-state index in [0.29, 0.717) is 6.07 Å². The number of nitrogens with zero attached hydrogens (tertiary/aromatic N) is 1. The average molecular weight is 256 g/mol. The SMILES string of the molecule is Nc1cc(C(F)F)nc(C(F)(F)F)c1C(=O)O. The monoisotopic (exact) mass is 256 g/mol. The molecular weight excluding hydrogens is 251 g/mol. The maximum absolute atomic E-state index is 12.4. The highest BCUT2D eigenvalue weighted by Crippen LogP contribution is 2.34. The molecule has 0 spiro atoms. The van der Waals surface area contributed by atoms with Gasteiger partial charge in [0, 0.05) is 0 Å². The highest BCUT2D eigenvalue weighted by molar-refractivity contribution is 5.95. The van der Waals surface area contributed by atoms with E-state index in [-0.39, 0.29) is 0 Å². The van der Waals surface area contributed by atoms with Crippen LogP contribution in [0.1, 0.15) is 28.2 Å². The number of pyridine rings is 1. The summed E-state index contributed by atoms with van der Waals surface area (Å²) in [4.78, 5) is 13.2. The fraction of sp³-hybridized carbons (Fsp3) is 0.250. The average Bonchev–Trinajstić information content (AvgIpc) is 2.14. The molecule has 0 unspecified atom stereocenters. The van der Waals surface area contributed by atoms with Gasteiger partial charge in [-0.15, -0.1) is 0 Å². The van der Waals surface area contributed by atoms with Crippen LogP contribution in [0.5, 0.6) is 0 Å². The minimum Gasteiger partial charge on any atom is -0.478 e. The van der Waals surface area contributed by atoms with Gasteiger partial charge in [0.2, 0.25) is 0 Å². The van der Waals surface area contributed by atoms with Gasteiger partial charge < -0.3 is 10.8 Å². The summed E-state index contributed by atoms with van der Waals surface area (Å²) >= 11 is 0. The van der Waals surface area contributed by atoms with Gasteiger partial charge >= 0.3 is 12.1 Å². The third-order valence-corrected chi connectivity index (χ3v) is 1.78. The Morgan fingerprint density at radius 3 is 2.29 bits per heavy atom. The topological polar surface area (TPSA) is 76.2 Å². The molecule has 0 amide bonds. The van der Waals surface area contributed by atoms with Crippen molar-refractivity contribution in [1.29, 1.82) is 0 Å². The zero-order valence-corrected chi connectivity index (χ0v) is 7.92. The van der Waals surface area contributed by atoms with Crippen molar-refractivity contribution in [3.05, 3.63) is 23.0 Å². The van der Waals surface area contributed by atoms with Crippen LogP contribution in [-0.4, -0.2) is 16.1 Å². The molecule has 0 atom stereocenters. The number of alkyl halides is 5. The van der Waals surface area contributed by atoms with Crippen molar-refractivity contribution in [1.82, 2.24) is 4.98 Å². The van der Waals surface area contributed by atoms with Crippen molar-refractivity contribution in [2.75, 3.05) is 5.73 Å². The quantitative estimate of drug-likeness (QED) is 0.796. The molecule has 0 saturated carbocycles. The Bertz CT molecular complexity index is 458. The molecule has 4 nitrogen and oxygen atoms in total. The van der Waals surface area contributed by atoms with E-state index < -0.39 is 41.2 Å². The second kappa shape index (κ2) is 4.15. The lowest BCUT2D eigenvalue weighted by Gasteiger charge is -2.12. The molecule has 1 aromatic rings. The predicted molar refractivity (Wildman–Crippen MR) is 45.6 cm³/mol. The van der Waals surface area contributed by atoms with Gasteiger partial charge in [0.15, 0.2) is 5.69 Å². The molecule has 0 aliphatic heterocycles. The van der Waals surface area contributed by atoms with Crippen LogP contribution in [-0.2, 0) is 6.18 Å². The summed E-state index contributed by atoms with van der Waals surface area (Å²) in [5.74, 6) is -1.98. The summed E-state index contributed by atoms with van der Waals surface area (Å²) in [5.41, 5.74) is -0.388. The summed E-state index contributed by atoms with van der Waals surface area (Å²) in [6, 6.07) is 0.406. The first-order chi connectivity index (χ1) is 7.64. The second-order valence-corrected chi connectivity index (χ2v) is 2.96. The lowest BCUT2D eigenvalue weighted by Crippen LogP contribution is -2.18. The highest BCUT2D eigenvalue weighted by atomic mass is 19.4. The predicted octanol–water partition coefficient (Wildman–Crippen LogP) is 2.32. The van der Waals surface area contributed by atoms with Crippen LogP contribution in [0.2, 0.25) is 0 Å². The van der Waals surface area contributed by atoms with Crippen molar-refractivity contribution in [2.45, 2.75) is 12.6 Å². The highest BCUT2D eigenvalue weighted by Gasteiger charge is 2.39. The molecule has 0 aliphatic carbocycles. The van der Waals surface area contributed by atoms with Gasteiger partial charge in [0.1, 0.15) is 11.3 Å². The van der Waals surface area contributed by atoms with E-state index in [1.165, 1.54) is 0 Å². The molecule has 94 valence electrons. The van der Waals surface area contributed by atoms with Gasteiger partial charge in [-0.25, -0.2) is 18.6 Å². The number of hydrogen-bond donors (Lipinski definition) is 2. The summed E-state index contributed by atoms with van der Waals surface area (Å²) in [6.07, 6.45) is -8.45. The standard InChI is InChI=1S/C8H5F5N2O2/c9-6(10)3-1-2(14)4(7(16)17)5(15-3)8(11,12)13/h1,6H,(H2,14,15)(H,16,17). The molecule has 0 saturated heterocycles. The van der Waals surface area contributed by atoms with Crippen molar-refractivity contribution in [3.8, 4) is 0 Å². The van der Waals surface area contributed by atoms with Crippen LogP contribution in [0.25, 0.3) is 0 Å². The number of carboxylic acid groups (broad SMARTS) is 1. The fourth-order valence-corrected chi connectivity index (χ4v) is 1.13. The van der Waals surface area contributed by atoms with Gasteiger partial charge in [-0.2, -0.15) is 13.2 Å². The van der Waals surface area contributed by atoms with E-state index in [1.807, 2.05) is 0 Å². The minimum atomic E-state index is -5.17. The minimum absolute atomic E-state index is 0.406. The van der Waals surface area contributed by atoms with Crippen LogP contribution < -0.4 is 5.73 Å². The molecule has 1 rings (SSSR count). The Morgan fingerprint density at radius 1 is 1.41 bits per heavy atom. The Kier molecular flexibility index (Phi) is 3.21. The molecule has 0 aliphatic rings. The summed E-state index contributed by atoms with van der Waals surface area (Å²) in [6.45, 7) is 0. The normalized spacial score (nSPS) is 11.9. The smallest absolute Gasteiger partial charge is 0.434 e. The number of nitrogens with two attached hydrogens (primary N) is 1. The molecule has 0 fully saturated rings. The number of aromatic carboxylic acids is 1. The zero-order valence-electron chi connectivity index (χ0n) is 7.92. The van der Waals surface area contributed by atoms with Crippen LogP contribution in [0.15, 0.2) is 6.07 Å². The van der Waals surface area contributed by atoms with E-state index in [2.05, 4.69) is 4.98 Å². The third-order valence-electron chi connectivity index (χ3n) is 1.78. The molecule has 9 heteroatoms. The van der Waals surface area contributed by atoms with Crippen LogP contribution in [0.3, 0.4) is 0 Å². The third kappa shape index (κ3) is 2.60. The molecule has 1 aromatic heterocycles. The first-order valence-electron chi connectivity index (χ1n) is 4.03. The lowest BCUT2D eigenvalue weighted by atomic mass is 10.1. The molecule has 0 radical (unpaired) electrons. The van der Waals surface area contributed by atoms with E-state index in [1.54, 1.807) is 0 Å². The van der Waals surface area contributed by atoms with Gasteiger partial charge in [-0.1, -0.05) is 0 Å². The van der Waals surface area contributed by atoms with Gasteiger partial charge in [0.05, 0.1) is 5.69 Å². The van der Waals surface area contributed by atoms with Crippen LogP contribution >= 0.6 is 0 Å². The largest absolute Gasteiger partial charge is 0.478 e. The number of hydrogen-bond acceptors (Lipinski definition) is 3. The number of nitrogen functional groups attached to an aromatic ring is 1. The maximum Gasteiger partial charge on any atom is 0.434 e. The molecular formula is C8H5F5N2O2. The molecule has 3 N–H and O–H groups in total. The van der Waals surface area contributed by atoms with E-state index >= 15 is 0 Å². The summed E-state index contributed by atoms with van der Waals surface area (Å²) in [5, 5.41) is 8.53. The number of carboxylic acids is 1. The Hall–Kier alpha value is -1.93. The van der Waals surface area contributed by atoms with E-state index in [0.717, 1.165) is 0 Å². The van der Waals surface area contributed by atoms with Crippen molar-refractivity contribution in [2.24, 2.45) is 0 Å². The molecule has 1 heterocycles. The number of rotatable bonds is 2. The maximum atomic E-state index is 12.4. The van der Waals surface area contributed by atoms with Gasteiger partial charge in [-0.05, 0) is 6.07 Å². The number of aromatic nitrogens is 1. The van der Waals surface area contributed by atoms with Crippen molar-refractivity contribution < 1.29 is 31.9 Å². The van der Waals surface area contributed by atoms with Crippen molar-refractivity contribution in [3.63, 3.8) is 0 Å².